The number of carbonyl (C=O) groups is 2. The van der Waals surface area contributed by atoms with E-state index in [0.29, 0.717) is 43.5 Å². The Labute approximate surface area is 210 Å². The number of nitrogens with zero attached hydrogens (tertiary/aromatic N) is 2. The van der Waals surface area contributed by atoms with Gasteiger partial charge < -0.3 is 19.3 Å². The first kappa shape index (κ1) is 26.6. The van der Waals surface area contributed by atoms with Crippen molar-refractivity contribution in [2.75, 3.05) is 33.4 Å². The highest BCUT2D eigenvalue weighted by Gasteiger charge is 2.27. The number of hydrogen-bond acceptors (Lipinski definition) is 4. The fourth-order valence-corrected chi connectivity index (χ4v) is 4.74. The maximum absolute atomic E-state index is 13.7. The Morgan fingerprint density at radius 3 is 2.51 bits per heavy atom. The lowest BCUT2D eigenvalue weighted by Gasteiger charge is -2.33. The second kappa shape index (κ2) is 13.2. The van der Waals surface area contributed by atoms with Crippen LogP contribution >= 0.6 is 0 Å². The Bertz CT molecular complexity index is 975. The number of hydrogen-bond donors (Lipinski definition) is 0. The number of fused-ring (bicyclic) bond motifs is 1. The fraction of sp³-hybridized carbons (Fsp3) is 0.517. The van der Waals surface area contributed by atoms with Gasteiger partial charge in [-0.05, 0) is 56.7 Å². The van der Waals surface area contributed by atoms with E-state index in [9.17, 15) is 9.59 Å². The zero-order chi connectivity index (χ0) is 25.2. The summed E-state index contributed by atoms with van der Waals surface area (Å²) in [5.41, 5.74) is 1.48. The quantitative estimate of drug-likeness (QED) is 0.570. The van der Waals surface area contributed by atoms with Gasteiger partial charge in [-0.1, -0.05) is 44.2 Å². The summed E-state index contributed by atoms with van der Waals surface area (Å²) in [7, 11) is 1.64. The summed E-state index contributed by atoms with van der Waals surface area (Å²) in [6, 6.07) is 15.1. The van der Waals surface area contributed by atoms with E-state index in [2.05, 4.69) is 13.8 Å². The summed E-state index contributed by atoms with van der Waals surface area (Å²) in [6.45, 7) is 8.74. The van der Waals surface area contributed by atoms with E-state index < -0.39 is 0 Å². The first-order valence-corrected chi connectivity index (χ1v) is 12.9. The van der Waals surface area contributed by atoms with E-state index in [0.717, 1.165) is 37.0 Å². The SMILES string of the molecule is CCN1CCCCCN(C(=O)Cc2ccccc2OC)[C@@H](CC(C)C)COc2ccccc2C1=O. The third-order valence-corrected chi connectivity index (χ3v) is 6.58. The number of ether oxygens (including phenoxy) is 2. The van der Waals surface area contributed by atoms with E-state index in [1.165, 1.54) is 0 Å². The number of carbonyl (C=O) groups excluding carboxylic acids is 2. The molecule has 0 aliphatic carbocycles. The molecule has 6 heteroatoms. The van der Waals surface area contributed by atoms with Gasteiger partial charge in [0.05, 0.1) is 25.1 Å². The predicted molar refractivity (Wildman–Crippen MR) is 139 cm³/mol. The molecule has 0 fully saturated rings. The number of para-hydroxylation sites is 2. The van der Waals surface area contributed by atoms with Gasteiger partial charge in [0.2, 0.25) is 5.91 Å². The van der Waals surface area contributed by atoms with E-state index in [1.54, 1.807) is 7.11 Å². The molecular weight excluding hydrogens is 440 g/mol. The second-order valence-electron chi connectivity index (χ2n) is 9.61. The van der Waals surface area contributed by atoms with Crippen LogP contribution in [0, 0.1) is 5.92 Å². The molecule has 0 saturated carbocycles. The number of rotatable bonds is 6. The van der Waals surface area contributed by atoms with Crippen molar-refractivity contribution in [2.24, 2.45) is 5.92 Å². The Hall–Kier alpha value is -3.02. The van der Waals surface area contributed by atoms with Crippen LogP contribution < -0.4 is 9.47 Å². The molecule has 2 aromatic carbocycles. The normalized spacial score (nSPS) is 17.6. The summed E-state index contributed by atoms with van der Waals surface area (Å²) in [4.78, 5) is 30.8. The number of methoxy groups -OCH3 is 1. The lowest BCUT2D eigenvalue weighted by Crippen LogP contribution is -2.45. The summed E-state index contributed by atoms with van der Waals surface area (Å²) < 4.78 is 11.8. The summed E-state index contributed by atoms with van der Waals surface area (Å²) in [5, 5.41) is 0. The average molecular weight is 481 g/mol. The predicted octanol–water partition coefficient (Wildman–Crippen LogP) is 5.21. The largest absolute Gasteiger partial charge is 0.496 e. The van der Waals surface area contributed by atoms with Crippen molar-refractivity contribution in [1.29, 1.82) is 0 Å². The topological polar surface area (TPSA) is 59.1 Å². The van der Waals surface area contributed by atoms with Gasteiger partial charge in [-0.3, -0.25) is 9.59 Å². The molecule has 1 aliphatic rings. The van der Waals surface area contributed by atoms with E-state index in [4.69, 9.17) is 9.47 Å². The molecule has 2 amide bonds. The van der Waals surface area contributed by atoms with Gasteiger partial charge >= 0.3 is 0 Å². The summed E-state index contributed by atoms with van der Waals surface area (Å²) >= 11 is 0. The molecule has 1 atom stereocenters. The average Bonchev–Trinajstić information content (AvgIpc) is 2.86. The van der Waals surface area contributed by atoms with Gasteiger partial charge in [0, 0.05) is 25.2 Å². The highest BCUT2D eigenvalue weighted by atomic mass is 16.5. The Kier molecular flexibility index (Phi) is 10.0. The minimum Gasteiger partial charge on any atom is -0.496 e. The molecule has 3 rings (SSSR count). The molecule has 0 radical (unpaired) electrons. The second-order valence-corrected chi connectivity index (χ2v) is 9.61. The van der Waals surface area contributed by atoms with Crippen LogP contribution in [0.2, 0.25) is 0 Å². The van der Waals surface area contributed by atoms with E-state index >= 15 is 0 Å². The third kappa shape index (κ3) is 7.23. The molecule has 190 valence electrons. The van der Waals surface area contributed by atoms with Crippen molar-refractivity contribution in [2.45, 2.75) is 58.9 Å². The molecule has 0 spiro atoms. The molecule has 0 saturated heterocycles. The first-order valence-electron chi connectivity index (χ1n) is 12.9. The lowest BCUT2D eigenvalue weighted by atomic mass is 10.0. The highest BCUT2D eigenvalue weighted by Crippen LogP contribution is 2.25. The highest BCUT2D eigenvalue weighted by molar-refractivity contribution is 5.97. The van der Waals surface area contributed by atoms with Crippen LogP contribution in [-0.4, -0.2) is 61.0 Å². The molecular formula is C29H40N2O4. The molecule has 0 unspecified atom stereocenters. The summed E-state index contributed by atoms with van der Waals surface area (Å²) in [6.07, 6.45) is 3.88. The van der Waals surface area contributed by atoms with Crippen molar-refractivity contribution >= 4 is 11.8 Å². The maximum Gasteiger partial charge on any atom is 0.257 e. The van der Waals surface area contributed by atoms with Crippen LogP contribution in [0.1, 0.15) is 62.4 Å². The van der Waals surface area contributed by atoms with Crippen molar-refractivity contribution in [3.8, 4) is 11.5 Å². The minimum atomic E-state index is -0.0802. The van der Waals surface area contributed by atoms with Gasteiger partial charge in [-0.25, -0.2) is 0 Å². The Morgan fingerprint density at radius 2 is 1.77 bits per heavy atom. The maximum atomic E-state index is 13.7. The Balaban J connectivity index is 1.90. The van der Waals surface area contributed by atoms with Gasteiger partial charge in [-0.15, -0.1) is 0 Å². The van der Waals surface area contributed by atoms with Crippen LogP contribution in [0.5, 0.6) is 11.5 Å². The van der Waals surface area contributed by atoms with Crippen molar-refractivity contribution < 1.29 is 19.1 Å². The molecule has 1 heterocycles. The van der Waals surface area contributed by atoms with Crippen LogP contribution in [0.25, 0.3) is 0 Å². The standard InChI is InChI=1S/C29H40N2O4/c1-5-30-17-11-6-12-18-31(28(32)20-23-13-7-9-15-26(23)34-4)24(19-22(2)3)21-35-27-16-10-8-14-25(27)29(30)33/h7-10,13-16,22,24H,5-6,11-12,17-21H2,1-4H3/t24-/m0/s1. The van der Waals surface area contributed by atoms with E-state index in [-0.39, 0.29) is 24.3 Å². The van der Waals surface area contributed by atoms with E-state index in [1.807, 2.05) is 65.3 Å². The van der Waals surface area contributed by atoms with Gasteiger partial charge in [0.1, 0.15) is 18.1 Å². The number of amides is 2. The van der Waals surface area contributed by atoms with Crippen molar-refractivity contribution in [3.63, 3.8) is 0 Å². The molecule has 0 aromatic heterocycles. The number of benzene rings is 2. The van der Waals surface area contributed by atoms with Crippen molar-refractivity contribution in [1.82, 2.24) is 9.80 Å². The van der Waals surface area contributed by atoms with Crippen LogP contribution in [0.3, 0.4) is 0 Å². The first-order chi connectivity index (χ1) is 16.9. The summed E-state index contributed by atoms with van der Waals surface area (Å²) in [5.74, 6) is 1.80. The molecule has 35 heavy (non-hydrogen) atoms. The zero-order valence-electron chi connectivity index (χ0n) is 21.7. The van der Waals surface area contributed by atoms with Gasteiger partial charge in [0.15, 0.2) is 0 Å². The molecule has 2 aromatic rings. The molecule has 6 nitrogen and oxygen atoms in total. The van der Waals surface area contributed by atoms with Gasteiger partial charge in [0.25, 0.3) is 5.91 Å². The molecule has 0 N–H and O–H groups in total. The van der Waals surface area contributed by atoms with Crippen molar-refractivity contribution in [3.05, 3.63) is 59.7 Å². The smallest absolute Gasteiger partial charge is 0.257 e. The minimum absolute atomic E-state index is 0.00635. The van der Waals surface area contributed by atoms with Gasteiger partial charge in [-0.2, -0.15) is 0 Å². The third-order valence-electron chi connectivity index (χ3n) is 6.58. The monoisotopic (exact) mass is 480 g/mol. The fourth-order valence-electron chi connectivity index (χ4n) is 4.74. The zero-order valence-corrected chi connectivity index (χ0v) is 21.7. The Morgan fingerprint density at radius 1 is 1.06 bits per heavy atom. The van der Waals surface area contributed by atoms with Crippen LogP contribution in [0.4, 0.5) is 0 Å². The lowest BCUT2D eigenvalue weighted by molar-refractivity contribution is -0.134. The molecule has 1 aliphatic heterocycles. The van der Waals surface area contributed by atoms with Crippen LogP contribution in [0.15, 0.2) is 48.5 Å². The molecule has 0 bridgehead atoms. The van der Waals surface area contributed by atoms with Crippen LogP contribution in [-0.2, 0) is 11.2 Å².